The Kier molecular flexibility index (Phi) is 15.3. The number of ether oxygens (including phenoxy) is 1. The maximum Gasteiger partial charge on any atom is 0.305 e. The molecule has 0 aromatic heterocycles. The van der Waals surface area contributed by atoms with Gasteiger partial charge in [-0.2, -0.15) is 0 Å². The van der Waals surface area contributed by atoms with E-state index in [0.717, 1.165) is 51.5 Å². The van der Waals surface area contributed by atoms with Crippen LogP contribution < -0.4 is 5.32 Å². The largest absolute Gasteiger partial charge is 0.466 e. The second kappa shape index (κ2) is 17.4. The van der Waals surface area contributed by atoms with Crippen molar-refractivity contribution in [2.75, 3.05) is 13.2 Å². The van der Waals surface area contributed by atoms with E-state index >= 15 is 0 Å². The minimum Gasteiger partial charge on any atom is -0.466 e. The van der Waals surface area contributed by atoms with Gasteiger partial charge in [0, 0.05) is 19.4 Å². The van der Waals surface area contributed by atoms with Crippen molar-refractivity contribution in [1.29, 1.82) is 0 Å². The van der Waals surface area contributed by atoms with Crippen LogP contribution in [0.4, 0.5) is 0 Å². The number of carbonyl (C=O) groups excluding carboxylic acids is 2. The number of nitrogens with one attached hydrogen (secondary N) is 1. The van der Waals surface area contributed by atoms with Crippen molar-refractivity contribution in [3.05, 3.63) is 0 Å². The van der Waals surface area contributed by atoms with Crippen molar-refractivity contribution >= 4 is 11.9 Å². The van der Waals surface area contributed by atoms with Crippen LogP contribution in [-0.4, -0.2) is 25.0 Å². The molecule has 152 valence electrons. The number of hydrogen-bond acceptors (Lipinski definition) is 3. The first kappa shape index (κ1) is 23.0. The van der Waals surface area contributed by atoms with Gasteiger partial charge in [-0.1, -0.05) is 77.0 Å². The van der Waals surface area contributed by atoms with E-state index in [1.807, 2.05) is 0 Å². The number of hydrogen-bond donors (Lipinski definition) is 1. The SMILES string of the molecule is O=C1CCCCCCCCCCOC(=O)CCCCCCCCCCN1. The van der Waals surface area contributed by atoms with Crippen LogP contribution >= 0.6 is 0 Å². The lowest BCUT2D eigenvalue weighted by atomic mass is 10.1. The summed E-state index contributed by atoms with van der Waals surface area (Å²) in [7, 11) is 0. The highest BCUT2D eigenvalue weighted by Crippen LogP contribution is 2.12. The molecule has 0 aromatic rings. The molecule has 1 N–H and O–H groups in total. The topological polar surface area (TPSA) is 55.4 Å². The summed E-state index contributed by atoms with van der Waals surface area (Å²) in [5.74, 6) is 0.218. The van der Waals surface area contributed by atoms with Gasteiger partial charge in [-0.15, -0.1) is 0 Å². The smallest absolute Gasteiger partial charge is 0.305 e. The predicted molar refractivity (Wildman–Crippen MR) is 107 cm³/mol. The van der Waals surface area contributed by atoms with E-state index in [9.17, 15) is 9.59 Å². The Morgan fingerprint density at radius 2 is 1.00 bits per heavy atom. The van der Waals surface area contributed by atoms with Crippen molar-refractivity contribution in [3.8, 4) is 0 Å². The van der Waals surface area contributed by atoms with Gasteiger partial charge in [-0.05, 0) is 25.7 Å². The summed E-state index contributed by atoms with van der Waals surface area (Å²) in [6.45, 7) is 1.43. The molecule has 0 saturated carbocycles. The van der Waals surface area contributed by atoms with Gasteiger partial charge in [0.15, 0.2) is 0 Å². The Bertz CT molecular complexity index is 295. The molecule has 0 unspecified atom stereocenters. The zero-order chi connectivity index (χ0) is 18.7. The van der Waals surface area contributed by atoms with Crippen LogP contribution in [-0.2, 0) is 14.3 Å². The van der Waals surface area contributed by atoms with Crippen LogP contribution in [0.3, 0.4) is 0 Å². The van der Waals surface area contributed by atoms with Gasteiger partial charge in [0.05, 0.1) is 6.61 Å². The highest BCUT2D eigenvalue weighted by molar-refractivity contribution is 5.75. The number of carbonyl (C=O) groups is 2. The zero-order valence-electron chi connectivity index (χ0n) is 16.9. The number of cyclic esters (lactones) is 1. The molecule has 0 aliphatic carbocycles. The summed E-state index contributed by atoms with van der Waals surface area (Å²) in [6.07, 6.45) is 19.9. The fourth-order valence-electron chi connectivity index (χ4n) is 3.48. The Morgan fingerprint density at radius 3 is 1.62 bits per heavy atom. The van der Waals surface area contributed by atoms with E-state index in [4.69, 9.17) is 4.74 Å². The molecule has 26 heavy (non-hydrogen) atoms. The van der Waals surface area contributed by atoms with Gasteiger partial charge in [-0.3, -0.25) is 9.59 Å². The molecule has 1 aliphatic rings. The van der Waals surface area contributed by atoms with Gasteiger partial charge in [0.2, 0.25) is 5.91 Å². The number of amides is 1. The maximum absolute atomic E-state index is 11.8. The van der Waals surface area contributed by atoms with Gasteiger partial charge >= 0.3 is 5.97 Å². The van der Waals surface area contributed by atoms with Gasteiger partial charge in [0.1, 0.15) is 0 Å². The molecule has 0 spiro atoms. The fourth-order valence-corrected chi connectivity index (χ4v) is 3.48. The van der Waals surface area contributed by atoms with Gasteiger partial charge in [0.25, 0.3) is 0 Å². The van der Waals surface area contributed by atoms with Crippen LogP contribution in [0.1, 0.15) is 116 Å². The van der Waals surface area contributed by atoms with Crippen LogP contribution in [0.15, 0.2) is 0 Å². The van der Waals surface area contributed by atoms with E-state index in [1.54, 1.807) is 0 Å². The Balaban J connectivity index is 2.15. The highest BCUT2D eigenvalue weighted by atomic mass is 16.5. The Morgan fingerprint density at radius 1 is 0.538 bits per heavy atom. The molecule has 0 bridgehead atoms. The first-order valence-corrected chi connectivity index (χ1v) is 11.2. The molecule has 0 atom stereocenters. The molecule has 1 saturated heterocycles. The molecule has 4 heteroatoms. The quantitative estimate of drug-likeness (QED) is 0.560. The van der Waals surface area contributed by atoms with Crippen molar-refractivity contribution in [2.24, 2.45) is 0 Å². The van der Waals surface area contributed by atoms with E-state index in [2.05, 4.69) is 5.32 Å². The molecule has 1 heterocycles. The lowest BCUT2D eigenvalue weighted by Gasteiger charge is -2.07. The third-order valence-corrected chi connectivity index (χ3v) is 5.19. The minimum atomic E-state index is -0.0125. The highest BCUT2D eigenvalue weighted by Gasteiger charge is 2.03. The van der Waals surface area contributed by atoms with Gasteiger partial charge in [-0.25, -0.2) is 0 Å². The minimum absolute atomic E-state index is 0.0125. The normalized spacial score (nSPS) is 22.6. The summed E-state index contributed by atoms with van der Waals surface area (Å²) in [4.78, 5) is 23.4. The van der Waals surface area contributed by atoms with E-state index in [0.29, 0.717) is 19.4 Å². The molecule has 1 rings (SSSR count). The predicted octanol–water partition coefficient (Wildman–Crippen LogP) is 5.68. The Hall–Kier alpha value is -1.06. The summed E-state index contributed by atoms with van der Waals surface area (Å²) in [5, 5.41) is 3.05. The molecule has 1 aliphatic heterocycles. The Labute approximate surface area is 160 Å². The number of rotatable bonds is 0. The maximum atomic E-state index is 11.8. The summed E-state index contributed by atoms with van der Waals surface area (Å²) in [6, 6.07) is 0. The molecule has 0 radical (unpaired) electrons. The molecular weight excluding hydrogens is 326 g/mol. The zero-order valence-corrected chi connectivity index (χ0v) is 16.9. The van der Waals surface area contributed by atoms with Crippen molar-refractivity contribution in [2.45, 2.75) is 116 Å². The third kappa shape index (κ3) is 15.2. The van der Waals surface area contributed by atoms with E-state index in [1.165, 1.54) is 57.8 Å². The van der Waals surface area contributed by atoms with Crippen molar-refractivity contribution in [1.82, 2.24) is 5.32 Å². The average molecular weight is 368 g/mol. The second-order valence-corrected chi connectivity index (χ2v) is 7.73. The fraction of sp³-hybridized carbons (Fsp3) is 0.909. The third-order valence-electron chi connectivity index (χ3n) is 5.19. The monoisotopic (exact) mass is 367 g/mol. The average Bonchev–Trinajstić information content (AvgIpc) is 2.63. The van der Waals surface area contributed by atoms with Crippen LogP contribution in [0.2, 0.25) is 0 Å². The van der Waals surface area contributed by atoms with Crippen LogP contribution in [0.25, 0.3) is 0 Å². The van der Waals surface area contributed by atoms with E-state index in [-0.39, 0.29) is 11.9 Å². The molecule has 1 fully saturated rings. The standard InChI is InChI=1S/C22H41NO3/c24-21-17-13-9-5-2-4-8-12-16-20-26-22(25)18-14-10-6-1-3-7-11-15-19-23-21/h1-20H2,(H,23,24). The molecular formula is C22H41NO3. The lowest BCUT2D eigenvalue weighted by molar-refractivity contribution is -0.143. The summed E-state index contributed by atoms with van der Waals surface area (Å²) >= 11 is 0. The summed E-state index contributed by atoms with van der Waals surface area (Å²) < 4.78 is 5.31. The lowest BCUT2D eigenvalue weighted by Crippen LogP contribution is -2.23. The second-order valence-electron chi connectivity index (χ2n) is 7.73. The van der Waals surface area contributed by atoms with Gasteiger partial charge < -0.3 is 10.1 Å². The van der Waals surface area contributed by atoms with Crippen LogP contribution in [0.5, 0.6) is 0 Å². The molecule has 4 nitrogen and oxygen atoms in total. The summed E-state index contributed by atoms with van der Waals surface area (Å²) in [5.41, 5.74) is 0. The van der Waals surface area contributed by atoms with Crippen LogP contribution in [0, 0.1) is 0 Å². The first-order valence-electron chi connectivity index (χ1n) is 11.2. The first-order chi connectivity index (χ1) is 12.8. The van der Waals surface area contributed by atoms with Crippen molar-refractivity contribution in [3.63, 3.8) is 0 Å². The van der Waals surface area contributed by atoms with E-state index < -0.39 is 0 Å². The number of esters is 1. The molecule has 1 amide bonds. The van der Waals surface area contributed by atoms with Crippen molar-refractivity contribution < 1.29 is 14.3 Å². The molecule has 0 aromatic carbocycles.